The summed E-state index contributed by atoms with van der Waals surface area (Å²) >= 11 is 0. The minimum Gasteiger partial charge on any atom is -0.237 e. The minimum atomic E-state index is 1.01. The maximum Gasteiger partial charge on any atom is 0.248 e. The number of rotatable bonds is 2. The van der Waals surface area contributed by atoms with E-state index in [1.807, 2.05) is 32.0 Å². The molecule has 0 bridgehead atoms. The van der Waals surface area contributed by atoms with Gasteiger partial charge in [-0.1, -0.05) is 32.0 Å². The summed E-state index contributed by atoms with van der Waals surface area (Å²) in [5.41, 5.74) is 1.20. The summed E-state index contributed by atoms with van der Waals surface area (Å²) in [7, 11) is 0. The largest absolute Gasteiger partial charge is 0.248 e. The second-order valence-corrected chi connectivity index (χ2v) is 2.99. The fourth-order valence-corrected chi connectivity index (χ4v) is 1.33. The standard InChI is InChI=1S/C11H13N2.C2H6/c1-2-12-8-9-13(10-12)11-6-4-3-5-7-11;1-2/h3-10H,2H2,1H3;1-2H3/q+1;. The molecule has 15 heavy (non-hydrogen) atoms. The smallest absolute Gasteiger partial charge is 0.237 e. The molecule has 2 aromatic rings. The third kappa shape index (κ3) is 2.94. The highest BCUT2D eigenvalue weighted by molar-refractivity contribution is 5.30. The first-order valence-corrected chi connectivity index (χ1v) is 5.52. The zero-order valence-electron chi connectivity index (χ0n) is 9.72. The van der Waals surface area contributed by atoms with E-state index in [-0.39, 0.29) is 0 Å². The number of benzene rings is 1. The van der Waals surface area contributed by atoms with Crippen LogP contribution in [0.25, 0.3) is 5.69 Å². The molecular formula is C13H19N2+. The number of para-hydroxylation sites is 1. The second kappa shape index (κ2) is 6.02. The first-order valence-electron chi connectivity index (χ1n) is 5.52. The van der Waals surface area contributed by atoms with E-state index in [4.69, 9.17) is 0 Å². The summed E-state index contributed by atoms with van der Waals surface area (Å²) in [5, 5.41) is 0. The van der Waals surface area contributed by atoms with Crippen LogP contribution in [0.3, 0.4) is 0 Å². The number of hydrogen-bond donors (Lipinski definition) is 0. The van der Waals surface area contributed by atoms with Crippen LogP contribution in [0.15, 0.2) is 49.1 Å². The Morgan fingerprint density at radius 3 is 2.33 bits per heavy atom. The Kier molecular flexibility index (Phi) is 4.61. The average Bonchev–Trinajstić information content (AvgIpc) is 2.81. The van der Waals surface area contributed by atoms with Crippen molar-refractivity contribution >= 4 is 0 Å². The van der Waals surface area contributed by atoms with Gasteiger partial charge in [0.2, 0.25) is 6.33 Å². The van der Waals surface area contributed by atoms with Gasteiger partial charge < -0.3 is 0 Å². The second-order valence-electron chi connectivity index (χ2n) is 2.99. The van der Waals surface area contributed by atoms with E-state index in [1.54, 1.807) is 0 Å². The van der Waals surface area contributed by atoms with Gasteiger partial charge in [-0.05, 0) is 19.1 Å². The monoisotopic (exact) mass is 203 g/mol. The zero-order chi connectivity index (χ0) is 11.1. The highest BCUT2D eigenvalue weighted by atomic mass is 15.1. The van der Waals surface area contributed by atoms with Crippen LogP contribution in [-0.4, -0.2) is 4.57 Å². The molecule has 0 fully saturated rings. The normalized spacial score (nSPS) is 9.27. The maximum absolute atomic E-state index is 2.15. The molecule has 1 aromatic carbocycles. The van der Waals surface area contributed by atoms with E-state index in [2.05, 4.69) is 46.9 Å². The minimum absolute atomic E-state index is 1.01. The molecule has 0 atom stereocenters. The third-order valence-corrected chi connectivity index (χ3v) is 2.11. The quantitative estimate of drug-likeness (QED) is 0.664. The molecule has 2 heteroatoms. The van der Waals surface area contributed by atoms with Crippen LogP contribution >= 0.6 is 0 Å². The Morgan fingerprint density at radius 2 is 1.80 bits per heavy atom. The molecule has 0 aliphatic heterocycles. The van der Waals surface area contributed by atoms with Crippen LogP contribution in [0.4, 0.5) is 0 Å². The maximum atomic E-state index is 2.15. The Labute approximate surface area is 91.8 Å². The SMILES string of the molecule is CC.CC[n+]1ccn(-c2ccccc2)c1. The van der Waals surface area contributed by atoms with E-state index in [0.29, 0.717) is 0 Å². The lowest BCUT2D eigenvalue weighted by atomic mass is 10.3. The van der Waals surface area contributed by atoms with Gasteiger partial charge in [-0.3, -0.25) is 0 Å². The van der Waals surface area contributed by atoms with Crippen molar-refractivity contribution in [1.82, 2.24) is 4.57 Å². The summed E-state index contributed by atoms with van der Waals surface area (Å²) in [6.07, 6.45) is 6.24. The predicted octanol–water partition coefficient (Wildman–Crippen LogP) is 2.81. The first-order chi connectivity index (χ1) is 7.40. The van der Waals surface area contributed by atoms with Crippen LogP contribution in [0, 0.1) is 0 Å². The molecular weight excluding hydrogens is 184 g/mol. The average molecular weight is 203 g/mol. The van der Waals surface area contributed by atoms with Crippen molar-refractivity contribution in [2.75, 3.05) is 0 Å². The van der Waals surface area contributed by atoms with Gasteiger partial charge in [0.25, 0.3) is 0 Å². The van der Waals surface area contributed by atoms with Gasteiger partial charge in [0.15, 0.2) is 0 Å². The van der Waals surface area contributed by atoms with Gasteiger partial charge in [-0.15, -0.1) is 0 Å². The van der Waals surface area contributed by atoms with E-state index in [9.17, 15) is 0 Å². The Morgan fingerprint density at radius 1 is 1.13 bits per heavy atom. The van der Waals surface area contributed by atoms with Crippen LogP contribution in [0.1, 0.15) is 20.8 Å². The van der Waals surface area contributed by atoms with Crippen molar-refractivity contribution in [2.24, 2.45) is 0 Å². The lowest BCUT2D eigenvalue weighted by Gasteiger charge is -1.92. The van der Waals surface area contributed by atoms with E-state index < -0.39 is 0 Å². The number of imidazole rings is 1. The molecule has 0 saturated carbocycles. The molecule has 1 heterocycles. The zero-order valence-corrected chi connectivity index (χ0v) is 9.72. The fraction of sp³-hybridized carbons (Fsp3) is 0.308. The molecule has 2 nitrogen and oxygen atoms in total. The van der Waals surface area contributed by atoms with E-state index in [1.165, 1.54) is 5.69 Å². The Bertz CT molecular complexity index is 376. The number of hydrogen-bond acceptors (Lipinski definition) is 0. The van der Waals surface area contributed by atoms with Crippen LogP contribution < -0.4 is 4.57 Å². The lowest BCUT2D eigenvalue weighted by molar-refractivity contribution is -0.692. The fourth-order valence-electron chi connectivity index (χ4n) is 1.33. The number of nitrogens with zero attached hydrogens (tertiary/aromatic N) is 2. The molecule has 0 unspecified atom stereocenters. The van der Waals surface area contributed by atoms with Crippen molar-refractivity contribution in [3.63, 3.8) is 0 Å². The summed E-state index contributed by atoms with van der Waals surface area (Å²) in [4.78, 5) is 0. The molecule has 0 N–H and O–H groups in total. The Hall–Kier alpha value is -1.57. The lowest BCUT2D eigenvalue weighted by Crippen LogP contribution is -2.28. The van der Waals surface area contributed by atoms with Gasteiger partial charge in [-0.2, -0.15) is 0 Å². The van der Waals surface area contributed by atoms with Crippen molar-refractivity contribution < 1.29 is 4.57 Å². The summed E-state index contributed by atoms with van der Waals surface area (Å²) < 4.78 is 4.26. The van der Waals surface area contributed by atoms with Crippen molar-refractivity contribution in [2.45, 2.75) is 27.3 Å². The molecule has 80 valence electrons. The molecule has 0 aliphatic carbocycles. The first kappa shape index (κ1) is 11.5. The van der Waals surface area contributed by atoms with Crippen molar-refractivity contribution in [3.8, 4) is 5.69 Å². The van der Waals surface area contributed by atoms with Crippen molar-refractivity contribution in [1.29, 1.82) is 0 Å². The topological polar surface area (TPSA) is 8.81 Å². The van der Waals surface area contributed by atoms with Gasteiger partial charge in [0.05, 0.1) is 6.54 Å². The molecule has 2 rings (SSSR count). The highest BCUT2D eigenvalue weighted by Gasteiger charge is 2.02. The van der Waals surface area contributed by atoms with Crippen molar-refractivity contribution in [3.05, 3.63) is 49.1 Å². The predicted molar refractivity (Wildman–Crippen MR) is 63.0 cm³/mol. The van der Waals surface area contributed by atoms with Gasteiger partial charge in [-0.25, -0.2) is 9.13 Å². The number of aromatic nitrogens is 2. The van der Waals surface area contributed by atoms with Gasteiger partial charge in [0.1, 0.15) is 18.1 Å². The van der Waals surface area contributed by atoms with Gasteiger partial charge >= 0.3 is 0 Å². The highest BCUT2D eigenvalue weighted by Crippen LogP contribution is 2.03. The molecule has 0 aliphatic rings. The van der Waals surface area contributed by atoms with Crippen LogP contribution in [0.2, 0.25) is 0 Å². The molecule has 0 spiro atoms. The van der Waals surface area contributed by atoms with E-state index >= 15 is 0 Å². The van der Waals surface area contributed by atoms with Crippen LogP contribution in [0.5, 0.6) is 0 Å². The molecule has 1 aromatic heterocycles. The third-order valence-electron chi connectivity index (χ3n) is 2.11. The molecule has 0 saturated heterocycles. The summed E-state index contributed by atoms with van der Waals surface area (Å²) in [6, 6.07) is 10.3. The van der Waals surface area contributed by atoms with Crippen LogP contribution in [-0.2, 0) is 6.54 Å². The molecule has 0 radical (unpaired) electrons. The summed E-state index contributed by atoms with van der Waals surface area (Å²) in [5.74, 6) is 0. The summed E-state index contributed by atoms with van der Waals surface area (Å²) in [6.45, 7) is 7.15. The number of aryl methyl sites for hydroxylation is 1. The Balaban J connectivity index is 0.000000531. The molecule has 0 amide bonds. The van der Waals surface area contributed by atoms with Gasteiger partial charge in [0, 0.05) is 0 Å². The van der Waals surface area contributed by atoms with E-state index in [0.717, 1.165) is 6.54 Å².